The molecule has 2 N–H and O–H groups in total. The monoisotopic (exact) mass is 445 g/mol. The van der Waals surface area contributed by atoms with Crippen LogP contribution in [0.3, 0.4) is 0 Å². The third-order valence-corrected chi connectivity index (χ3v) is 5.65. The molecule has 0 amide bonds. The van der Waals surface area contributed by atoms with E-state index in [2.05, 4.69) is 11.1 Å². The third-order valence-electron chi connectivity index (χ3n) is 5.65. The Hall–Kier alpha value is -3.58. The number of aliphatic imine (C=N–C) groups is 1. The number of amidine groups is 1. The van der Waals surface area contributed by atoms with Crippen LogP contribution in [0.1, 0.15) is 31.9 Å². The van der Waals surface area contributed by atoms with Crippen LogP contribution in [0.4, 0.5) is 0 Å². The molecule has 2 aromatic carbocycles. The third kappa shape index (κ3) is 4.12. The van der Waals surface area contributed by atoms with Crippen molar-refractivity contribution in [1.29, 1.82) is 0 Å². The lowest BCUT2D eigenvalue weighted by Crippen LogP contribution is -2.31. The molecule has 33 heavy (non-hydrogen) atoms. The minimum atomic E-state index is -0.813. The van der Waals surface area contributed by atoms with E-state index in [9.17, 15) is 0 Å². The molecular weight excluding hydrogens is 418 g/mol. The Balaban J connectivity index is 1.51. The van der Waals surface area contributed by atoms with Gasteiger partial charge >= 0.3 is 0 Å². The van der Waals surface area contributed by atoms with Crippen LogP contribution in [0, 0.1) is 0 Å². The van der Waals surface area contributed by atoms with Gasteiger partial charge < -0.3 is 24.7 Å². The van der Waals surface area contributed by atoms with Crippen LogP contribution in [-0.4, -0.2) is 36.4 Å². The molecule has 0 aliphatic carbocycles. The molecule has 7 heteroatoms. The van der Waals surface area contributed by atoms with Crippen molar-refractivity contribution in [3.05, 3.63) is 72.1 Å². The van der Waals surface area contributed by atoms with E-state index in [1.165, 1.54) is 0 Å². The fraction of sp³-hybridized carbons (Fsp3) is 0.308. The van der Waals surface area contributed by atoms with Gasteiger partial charge in [-0.3, -0.25) is 4.98 Å². The van der Waals surface area contributed by atoms with E-state index in [1.807, 2.05) is 69.4 Å². The average Bonchev–Trinajstić information content (AvgIpc) is 3.19. The van der Waals surface area contributed by atoms with E-state index in [0.29, 0.717) is 24.7 Å². The summed E-state index contributed by atoms with van der Waals surface area (Å²) in [7, 11) is 0. The fourth-order valence-electron chi connectivity index (χ4n) is 4.14. The van der Waals surface area contributed by atoms with Crippen molar-refractivity contribution >= 4 is 6.02 Å². The number of hydrogen-bond donors (Lipinski definition) is 1. The van der Waals surface area contributed by atoms with Gasteiger partial charge in [-0.05, 0) is 62.7 Å². The Bertz CT molecular complexity index is 1200. The number of ether oxygens (including phenoxy) is 4. The first kappa shape index (κ1) is 21.3. The van der Waals surface area contributed by atoms with Crippen LogP contribution in [0.15, 0.2) is 65.9 Å². The van der Waals surface area contributed by atoms with Crippen molar-refractivity contribution in [2.45, 2.75) is 31.9 Å². The molecule has 1 spiro atoms. The van der Waals surface area contributed by atoms with Crippen LogP contribution in [0.25, 0.3) is 11.1 Å². The van der Waals surface area contributed by atoms with Gasteiger partial charge in [0.05, 0.1) is 12.2 Å². The van der Waals surface area contributed by atoms with E-state index < -0.39 is 5.54 Å². The first-order chi connectivity index (χ1) is 15.8. The second kappa shape index (κ2) is 8.08. The molecular formula is C26H27N3O4. The highest BCUT2D eigenvalue weighted by Crippen LogP contribution is 2.52. The first-order valence-electron chi connectivity index (χ1n) is 11.0. The SMILES string of the molecule is CC(C)(C)OCCOc1ccc2c(c1)[C@]1(COC(N)=N1)c1cc(-c3cccnc3)ccc1O2. The average molecular weight is 446 g/mol. The summed E-state index contributed by atoms with van der Waals surface area (Å²) in [5.74, 6) is 2.14. The number of nitrogens with zero attached hydrogens (tertiary/aromatic N) is 2. The van der Waals surface area contributed by atoms with Gasteiger partial charge in [0.15, 0.2) is 5.54 Å². The minimum absolute atomic E-state index is 0.158. The lowest BCUT2D eigenvalue weighted by Gasteiger charge is -2.34. The molecule has 3 aromatic rings. The summed E-state index contributed by atoms with van der Waals surface area (Å²) in [5.41, 5.74) is 8.76. The zero-order chi connectivity index (χ0) is 23.1. The molecule has 0 bridgehead atoms. The van der Waals surface area contributed by atoms with Gasteiger partial charge in [-0.25, -0.2) is 4.99 Å². The van der Waals surface area contributed by atoms with Gasteiger partial charge in [0.25, 0.3) is 6.02 Å². The van der Waals surface area contributed by atoms with Gasteiger partial charge in [0, 0.05) is 29.1 Å². The number of fused-ring (bicyclic) bond motifs is 4. The molecule has 0 unspecified atom stereocenters. The van der Waals surface area contributed by atoms with Crippen LogP contribution in [-0.2, 0) is 15.0 Å². The van der Waals surface area contributed by atoms with Crippen molar-refractivity contribution in [1.82, 2.24) is 4.98 Å². The molecule has 0 fully saturated rings. The van der Waals surface area contributed by atoms with E-state index in [-0.39, 0.29) is 18.2 Å². The maximum absolute atomic E-state index is 6.25. The van der Waals surface area contributed by atoms with Crippen molar-refractivity contribution < 1.29 is 18.9 Å². The second-order valence-corrected chi connectivity index (χ2v) is 9.12. The van der Waals surface area contributed by atoms with E-state index in [1.54, 1.807) is 6.20 Å². The Morgan fingerprint density at radius 2 is 1.79 bits per heavy atom. The molecule has 5 rings (SSSR count). The van der Waals surface area contributed by atoms with Crippen LogP contribution < -0.4 is 15.2 Å². The smallest absolute Gasteiger partial charge is 0.283 e. The highest BCUT2D eigenvalue weighted by molar-refractivity contribution is 5.78. The maximum atomic E-state index is 6.25. The Labute approximate surface area is 193 Å². The molecule has 0 saturated carbocycles. The van der Waals surface area contributed by atoms with Crippen molar-refractivity contribution in [3.8, 4) is 28.4 Å². The zero-order valence-electron chi connectivity index (χ0n) is 19.0. The largest absolute Gasteiger partial charge is 0.491 e. The number of nitrogens with two attached hydrogens (primary N) is 1. The number of aromatic nitrogens is 1. The zero-order valence-corrected chi connectivity index (χ0v) is 19.0. The van der Waals surface area contributed by atoms with Crippen molar-refractivity contribution in [2.24, 2.45) is 10.7 Å². The molecule has 2 aliphatic rings. The lowest BCUT2D eigenvalue weighted by atomic mass is 9.80. The molecule has 0 saturated heterocycles. The number of pyridine rings is 1. The summed E-state index contributed by atoms with van der Waals surface area (Å²) in [4.78, 5) is 9.01. The van der Waals surface area contributed by atoms with Crippen LogP contribution in [0.2, 0.25) is 0 Å². The van der Waals surface area contributed by atoms with Crippen LogP contribution in [0.5, 0.6) is 17.2 Å². The van der Waals surface area contributed by atoms with Gasteiger partial charge in [0.1, 0.15) is 30.5 Å². The van der Waals surface area contributed by atoms with E-state index >= 15 is 0 Å². The molecule has 0 radical (unpaired) electrons. The first-order valence-corrected chi connectivity index (χ1v) is 11.0. The maximum Gasteiger partial charge on any atom is 0.283 e. The highest BCUT2D eigenvalue weighted by atomic mass is 16.5. The molecule has 170 valence electrons. The van der Waals surface area contributed by atoms with Crippen molar-refractivity contribution in [2.75, 3.05) is 19.8 Å². The predicted octanol–water partition coefficient (Wildman–Crippen LogP) is 4.64. The number of hydrogen-bond acceptors (Lipinski definition) is 7. The Morgan fingerprint density at radius 1 is 1.00 bits per heavy atom. The van der Waals surface area contributed by atoms with E-state index in [4.69, 9.17) is 29.7 Å². The molecule has 7 nitrogen and oxygen atoms in total. The summed E-state index contributed by atoms with van der Waals surface area (Å²) >= 11 is 0. The van der Waals surface area contributed by atoms with E-state index in [0.717, 1.165) is 28.0 Å². The number of rotatable bonds is 5. The van der Waals surface area contributed by atoms with Crippen LogP contribution >= 0.6 is 0 Å². The quantitative estimate of drug-likeness (QED) is 0.576. The molecule has 1 atom stereocenters. The second-order valence-electron chi connectivity index (χ2n) is 9.12. The van der Waals surface area contributed by atoms with Gasteiger partial charge in [-0.2, -0.15) is 0 Å². The fourth-order valence-corrected chi connectivity index (χ4v) is 4.14. The molecule has 2 aliphatic heterocycles. The number of benzene rings is 2. The lowest BCUT2D eigenvalue weighted by molar-refractivity contribution is -0.0163. The summed E-state index contributed by atoms with van der Waals surface area (Å²) in [5, 5.41) is 0. The summed E-state index contributed by atoms with van der Waals surface area (Å²) in [6.07, 6.45) is 3.59. The predicted molar refractivity (Wildman–Crippen MR) is 126 cm³/mol. The standard InChI is InChI=1S/C26H27N3O4/c1-25(2,3)32-12-11-30-19-7-9-23-21(14-19)26(16-31-24(27)29-26)20-13-17(6-8-22(20)33-23)18-5-4-10-28-15-18/h4-10,13-15H,11-12,16H2,1-3H3,(H2,27,29)/t26-/m0/s1. The summed E-state index contributed by atoms with van der Waals surface area (Å²) in [6.45, 7) is 7.28. The van der Waals surface area contributed by atoms with Gasteiger partial charge in [-0.1, -0.05) is 12.1 Å². The Morgan fingerprint density at radius 3 is 2.48 bits per heavy atom. The molecule has 1 aromatic heterocycles. The molecule has 3 heterocycles. The summed E-state index contributed by atoms with van der Waals surface area (Å²) < 4.78 is 23.7. The topological polar surface area (TPSA) is 88.2 Å². The van der Waals surface area contributed by atoms with Gasteiger partial charge in [-0.15, -0.1) is 0 Å². The minimum Gasteiger partial charge on any atom is -0.491 e. The highest BCUT2D eigenvalue weighted by Gasteiger charge is 2.47. The van der Waals surface area contributed by atoms with Gasteiger partial charge in [0.2, 0.25) is 0 Å². The van der Waals surface area contributed by atoms with Crippen molar-refractivity contribution in [3.63, 3.8) is 0 Å². The summed E-state index contributed by atoms with van der Waals surface area (Å²) in [6, 6.07) is 15.9. The Kier molecular flexibility index (Phi) is 5.21. The normalized spacial score (nSPS) is 18.7.